The first-order valence-corrected chi connectivity index (χ1v) is 12.8. The third kappa shape index (κ3) is 4.75. The lowest BCUT2D eigenvalue weighted by Gasteiger charge is -2.30. The number of nitrogens with one attached hydrogen (secondary N) is 2. The standard InChI is InChI=1S/C28H26F2N6O3/c29-18-6-4-17(5-7-18)15-35-25-22(13-19(30)14-31-25)27(38)36(28(35)39)21-10-8-20(9-11-21)32-26(37)23-16-34-12-2-1-3-24(34)33-23/h1-7,12-14,16,20-21,24,33H,8-11,15H2,(H,32,37)/t20-,21+,24?. The Hall–Kier alpha value is -4.54. The van der Waals surface area contributed by atoms with Gasteiger partial charge in [0.2, 0.25) is 0 Å². The maximum Gasteiger partial charge on any atom is 0.333 e. The highest BCUT2D eigenvalue weighted by molar-refractivity contribution is 5.93. The third-order valence-electron chi connectivity index (χ3n) is 7.44. The molecule has 11 heteroatoms. The molecule has 2 aromatic heterocycles. The van der Waals surface area contributed by atoms with Crippen molar-refractivity contribution in [1.29, 1.82) is 0 Å². The lowest BCUT2D eigenvalue weighted by atomic mass is 9.90. The summed E-state index contributed by atoms with van der Waals surface area (Å²) >= 11 is 0. The molecule has 39 heavy (non-hydrogen) atoms. The molecule has 1 aliphatic carbocycles. The Bertz CT molecular complexity index is 1650. The first kappa shape index (κ1) is 24.8. The average Bonchev–Trinajstić information content (AvgIpc) is 3.38. The van der Waals surface area contributed by atoms with E-state index in [1.165, 1.54) is 21.3 Å². The Morgan fingerprint density at radius 1 is 1.05 bits per heavy atom. The van der Waals surface area contributed by atoms with E-state index in [9.17, 15) is 23.2 Å². The quantitative estimate of drug-likeness (QED) is 0.524. The molecule has 1 saturated carbocycles. The van der Waals surface area contributed by atoms with E-state index in [2.05, 4.69) is 15.6 Å². The second kappa shape index (κ2) is 9.97. The molecule has 1 unspecified atom stereocenters. The second-order valence-electron chi connectivity index (χ2n) is 9.98. The monoisotopic (exact) mass is 532 g/mol. The summed E-state index contributed by atoms with van der Waals surface area (Å²) < 4.78 is 30.0. The normalized spacial score (nSPS) is 21.9. The molecule has 6 rings (SSSR count). The van der Waals surface area contributed by atoms with Crippen LogP contribution < -0.4 is 21.9 Å². The number of amides is 1. The van der Waals surface area contributed by atoms with Gasteiger partial charge in [-0.25, -0.2) is 18.6 Å². The molecule has 1 aromatic carbocycles. The first-order chi connectivity index (χ1) is 18.9. The highest BCUT2D eigenvalue weighted by Gasteiger charge is 2.30. The van der Waals surface area contributed by atoms with Crippen LogP contribution in [0.4, 0.5) is 8.78 Å². The number of nitrogens with zero attached hydrogens (tertiary/aromatic N) is 4. The van der Waals surface area contributed by atoms with Gasteiger partial charge >= 0.3 is 5.69 Å². The van der Waals surface area contributed by atoms with Crippen molar-refractivity contribution in [3.05, 3.63) is 111 Å². The Balaban J connectivity index is 1.23. The van der Waals surface area contributed by atoms with Gasteiger partial charge in [-0.05, 0) is 61.6 Å². The number of carbonyl (C=O) groups excluding carboxylic acids is 1. The minimum Gasteiger partial charge on any atom is -0.356 e. The number of carbonyl (C=O) groups is 1. The van der Waals surface area contributed by atoms with Gasteiger partial charge in [-0.3, -0.25) is 18.7 Å². The van der Waals surface area contributed by atoms with E-state index in [0.29, 0.717) is 36.9 Å². The zero-order chi connectivity index (χ0) is 27.1. The van der Waals surface area contributed by atoms with Crippen molar-refractivity contribution in [3.63, 3.8) is 0 Å². The molecule has 1 atom stereocenters. The number of fused-ring (bicyclic) bond motifs is 2. The molecule has 0 radical (unpaired) electrons. The predicted molar refractivity (Wildman–Crippen MR) is 140 cm³/mol. The molecule has 4 heterocycles. The number of benzene rings is 1. The van der Waals surface area contributed by atoms with Crippen molar-refractivity contribution in [3.8, 4) is 0 Å². The molecule has 3 aliphatic rings. The molecule has 200 valence electrons. The van der Waals surface area contributed by atoms with Crippen LogP contribution in [0.2, 0.25) is 0 Å². The SMILES string of the molecule is O=C(N[C@H]1CC[C@@H](n2c(=O)c3cc(F)cnc3n(Cc3ccc(F)cc3)c2=O)CC1)C1=CN2C=CC=CC2N1. The van der Waals surface area contributed by atoms with Crippen LogP contribution in [-0.4, -0.2) is 37.1 Å². The number of aromatic nitrogens is 3. The maximum atomic E-state index is 14.1. The molecule has 1 amide bonds. The molecule has 2 N–H and O–H groups in total. The van der Waals surface area contributed by atoms with E-state index in [-0.39, 0.29) is 35.7 Å². The molecule has 3 aromatic rings. The zero-order valence-corrected chi connectivity index (χ0v) is 20.9. The van der Waals surface area contributed by atoms with Gasteiger partial charge in [-0.1, -0.05) is 18.2 Å². The average molecular weight is 533 g/mol. The van der Waals surface area contributed by atoms with Crippen LogP contribution in [-0.2, 0) is 11.3 Å². The summed E-state index contributed by atoms with van der Waals surface area (Å²) in [6.07, 6.45) is 12.4. The van der Waals surface area contributed by atoms with Crippen molar-refractivity contribution < 1.29 is 13.6 Å². The van der Waals surface area contributed by atoms with Crippen LogP contribution in [0.3, 0.4) is 0 Å². The summed E-state index contributed by atoms with van der Waals surface area (Å²) in [5.74, 6) is -1.29. The number of hydrogen-bond acceptors (Lipinski definition) is 6. The van der Waals surface area contributed by atoms with Crippen LogP contribution in [0.1, 0.15) is 37.3 Å². The molecule has 2 aliphatic heterocycles. The van der Waals surface area contributed by atoms with Gasteiger partial charge in [0, 0.05) is 24.5 Å². The molecular weight excluding hydrogens is 506 g/mol. The fraction of sp³-hybridized carbons (Fsp3) is 0.286. The van der Waals surface area contributed by atoms with Gasteiger partial charge in [-0.2, -0.15) is 0 Å². The van der Waals surface area contributed by atoms with Gasteiger partial charge < -0.3 is 15.5 Å². The number of pyridine rings is 1. The van der Waals surface area contributed by atoms with Crippen molar-refractivity contribution in [2.45, 2.75) is 50.5 Å². The highest BCUT2D eigenvalue weighted by Crippen LogP contribution is 2.28. The summed E-state index contributed by atoms with van der Waals surface area (Å²) in [6.45, 7) is 0.0461. The third-order valence-corrected chi connectivity index (χ3v) is 7.44. The highest BCUT2D eigenvalue weighted by atomic mass is 19.1. The maximum absolute atomic E-state index is 14.1. The number of allylic oxidation sites excluding steroid dienone is 2. The lowest BCUT2D eigenvalue weighted by Crippen LogP contribution is -2.46. The fourth-order valence-corrected chi connectivity index (χ4v) is 5.45. The van der Waals surface area contributed by atoms with Gasteiger partial charge in [-0.15, -0.1) is 0 Å². The Kier molecular flexibility index (Phi) is 6.34. The largest absolute Gasteiger partial charge is 0.356 e. The fourth-order valence-electron chi connectivity index (χ4n) is 5.45. The van der Waals surface area contributed by atoms with Gasteiger partial charge in [0.15, 0.2) is 0 Å². The Morgan fingerprint density at radius 3 is 2.56 bits per heavy atom. The molecule has 1 fully saturated rings. The molecule has 0 bridgehead atoms. The minimum atomic E-state index is -0.679. The number of hydrogen-bond donors (Lipinski definition) is 2. The number of halogens is 2. The van der Waals surface area contributed by atoms with Crippen LogP contribution in [0.5, 0.6) is 0 Å². The van der Waals surface area contributed by atoms with Crippen LogP contribution in [0.15, 0.2) is 82.4 Å². The number of rotatable bonds is 5. The smallest absolute Gasteiger partial charge is 0.333 e. The van der Waals surface area contributed by atoms with Gasteiger partial charge in [0.05, 0.1) is 18.1 Å². The van der Waals surface area contributed by atoms with Crippen molar-refractivity contribution in [1.82, 2.24) is 29.7 Å². The van der Waals surface area contributed by atoms with E-state index >= 15 is 0 Å². The van der Waals surface area contributed by atoms with Crippen molar-refractivity contribution >= 4 is 16.9 Å². The van der Waals surface area contributed by atoms with E-state index in [0.717, 1.165) is 12.3 Å². The topological polar surface area (TPSA) is 101 Å². The van der Waals surface area contributed by atoms with E-state index in [1.807, 2.05) is 29.3 Å². The molecule has 0 saturated heterocycles. The Labute approximate surface area is 221 Å². The predicted octanol–water partition coefficient (Wildman–Crippen LogP) is 2.64. The van der Waals surface area contributed by atoms with Crippen molar-refractivity contribution in [2.24, 2.45) is 0 Å². The van der Waals surface area contributed by atoms with E-state index < -0.39 is 28.9 Å². The summed E-state index contributed by atoms with van der Waals surface area (Å²) in [7, 11) is 0. The van der Waals surface area contributed by atoms with Crippen molar-refractivity contribution in [2.75, 3.05) is 0 Å². The summed E-state index contributed by atoms with van der Waals surface area (Å²) in [4.78, 5) is 45.8. The molecule has 9 nitrogen and oxygen atoms in total. The van der Waals surface area contributed by atoms with Gasteiger partial charge in [0.1, 0.15) is 29.1 Å². The zero-order valence-electron chi connectivity index (χ0n) is 20.9. The first-order valence-electron chi connectivity index (χ1n) is 12.8. The van der Waals surface area contributed by atoms with Crippen LogP contribution in [0.25, 0.3) is 11.0 Å². The molecule has 0 spiro atoms. The van der Waals surface area contributed by atoms with E-state index in [1.54, 1.807) is 18.3 Å². The second-order valence-corrected chi connectivity index (χ2v) is 9.98. The van der Waals surface area contributed by atoms with Crippen LogP contribution in [0, 0.1) is 11.6 Å². The summed E-state index contributed by atoms with van der Waals surface area (Å²) in [5, 5.41) is 6.23. The lowest BCUT2D eigenvalue weighted by molar-refractivity contribution is -0.118. The van der Waals surface area contributed by atoms with E-state index in [4.69, 9.17) is 0 Å². The summed E-state index contributed by atoms with van der Waals surface area (Å²) in [6, 6.07) is 6.24. The van der Waals surface area contributed by atoms with Crippen LogP contribution >= 0.6 is 0 Å². The summed E-state index contributed by atoms with van der Waals surface area (Å²) in [5.41, 5.74) is 0.0393. The molecular formula is C28H26F2N6O3. The van der Waals surface area contributed by atoms with Gasteiger partial charge in [0.25, 0.3) is 11.5 Å². The minimum absolute atomic E-state index is 0.00551. The Morgan fingerprint density at radius 2 is 1.82 bits per heavy atom.